The first-order valence-electron chi connectivity index (χ1n) is 7.94. The molecule has 2 aromatic carbocycles. The van der Waals surface area contributed by atoms with Crippen molar-refractivity contribution in [1.29, 1.82) is 0 Å². The number of carboxylic acids is 1. The fraction of sp³-hybridized carbons (Fsp3) is 0.316. The van der Waals surface area contributed by atoms with E-state index in [9.17, 15) is 4.79 Å². The predicted octanol–water partition coefficient (Wildman–Crippen LogP) is 2.79. The van der Waals surface area contributed by atoms with Crippen LogP contribution in [0.15, 0.2) is 48.5 Å². The highest BCUT2D eigenvalue weighted by Gasteiger charge is 2.32. The van der Waals surface area contributed by atoms with E-state index in [4.69, 9.17) is 14.6 Å². The van der Waals surface area contributed by atoms with Gasteiger partial charge in [0.15, 0.2) is 11.5 Å². The van der Waals surface area contributed by atoms with Crippen LogP contribution >= 0.6 is 0 Å². The second-order valence-electron chi connectivity index (χ2n) is 5.99. The van der Waals surface area contributed by atoms with Crippen LogP contribution in [0, 0.1) is 5.92 Å². The van der Waals surface area contributed by atoms with Crippen LogP contribution in [0.25, 0.3) is 0 Å². The molecule has 1 heterocycles. The van der Waals surface area contributed by atoms with E-state index < -0.39 is 5.97 Å². The minimum atomic E-state index is -0.715. The standard InChI is InChI=1S/C19H21NO4/c1-23-17-8-7-15(10-20-11-16(12-20)19(21)22)9-18(17)24-13-14-5-3-2-4-6-14/h2-9,16H,10-13H2,1H3,(H,21,22). The van der Waals surface area contributed by atoms with Crippen LogP contribution in [-0.2, 0) is 17.9 Å². The molecule has 0 radical (unpaired) electrons. The monoisotopic (exact) mass is 327 g/mol. The van der Waals surface area contributed by atoms with E-state index in [1.165, 1.54) is 0 Å². The van der Waals surface area contributed by atoms with Gasteiger partial charge in [-0.05, 0) is 23.3 Å². The summed E-state index contributed by atoms with van der Waals surface area (Å²) < 4.78 is 11.3. The highest BCUT2D eigenvalue weighted by atomic mass is 16.5. The molecule has 5 heteroatoms. The van der Waals surface area contributed by atoms with E-state index in [1.54, 1.807) is 7.11 Å². The van der Waals surface area contributed by atoms with Crippen LogP contribution in [0.5, 0.6) is 11.5 Å². The predicted molar refractivity (Wildman–Crippen MR) is 90.2 cm³/mol. The van der Waals surface area contributed by atoms with Crippen molar-refractivity contribution in [2.24, 2.45) is 5.92 Å². The summed E-state index contributed by atoms with van der Waals surface area (Å²) in [5.41, 5.74) is 2.18. The van der Waals surface area contributed by atoms with Gasteiger partial charge in [0.25, 0.3) is 0 Å². The van der Waals surface area contributed by atoms with E-state index in [1.807, 2.05) is 48.5 Å². The normalized spacial score (nSPS) is 14.9. The Kier molecular flexibility index (Phi) is 5.01. The molecule has 1 aliphatic rings. The van der Waals surface area contributed by atoms with Gasteiger partial charge in [-0.25, -0.2) is 0 Å². The van der Waals surface area contributed by atoms with Crippen LogP contribution in [-0.4, -0.2) is 36.2 Å². The Labute approximate surface area is 141 Å². The molecule has 24 heavy (non-hydrogen) atoms. The summed E-state index contributed by atoms with van der Waals surface area (Å²) in [6.07, 6.45) is 0. The van der Waals surface area contributed by atoms with Crippen LogP contribution < -0.4 is 9.47 Å². The van der Waals surface area contributed by atoms with Gasteiger partial charge < -0.3 is 14.6 Å². The van der Waals surface area contributed by atoms with Gasteiger partial charge >= 0.3 is 5.97 Å². The molecule has 0 amide bonds. The topological polar surface area (TPSA) is 59.0 Å². The van der Waals surface area contributed by atoms with Crippen LogP contribution in [0.3, 0.4) is 0 Å². The van der Waals surface area contributed by atoms with Gasteiger partial charge in [0.1, 0.15) is 6.61 Å². The van der Waals surface area contributed by atoms with Gasteiger partial charge in [-0.2, -0.15) is 0 Å². The molecule has 0 unspecified atom stereocenters. The fourth-order valence-corrected chi connectivity index (χ4v) is 2.78. The summed E-state index contributed by atoms with van der Waals surface area (Å²) in [5, 5.41) is 8.94. The zero-order chi connectivity index (χ0) is 16.9. The molecule has 0 bridgehead atoms. The molecule has 0 aromatic heterocycles. The lowest BCUT2D eigenvalue weighted by Gasteiger charge is -2.36. The van der Waals surface area contributed by atoms with Crippen molar-refractivity contribution in [2.75, 3.05) is 20.2 Å². The molecule has 126 valence electrons. The first-order valence-corrected chi connectivity index (χ1v) is 7.94. The van der Waals surface area contributed by atoms with E-state index in [0.717, 1.165) is 17.7 Å². The van der Waals surface area contributed by atoms with Crippen molar-refractivity contribution in [3.05, 3.63) is 59.7 Å². The largest absolute Gasteiger partial charge is 0.493 e. The minimum absolute atomic E-state index is 0.239. The number of benzene rings is 2. The smallest absolute Gasteiger partial charge is 0.309 e. The Bertz CT molecular complexity index is 696. The molecule has 0 aliphatic carbocycles. The molecule has 1 aliphatic heterocycles. The Morgan fingerprint density at radius 3 is 2.54 bits per heavy atom. The average Bonchev–Trinajstić information content (AvgIpc) is 2.56. The Balaban J connectivity index is 1.63. The number of ether oxygens (including phenoxy) is 2. The molecular formula is C19H21NO4. The van der Waals surface area contributed by atoms with Gasteiger partial charge in [0.05, 0.1) is 13.0 Å². The number of hydrogen-bond acceptors (Lipinski definition) is 4. The van der Waals surface area contributed by atoms with Crippen LogP contribution in [0.4, 0.5) is 0 Å². The lowest BCUT2D eigenvalue weighted by atomic mass is 9.99. The van der Waals surface area contributed by atoms with Crippen molar-refractivity contribution in [2.45, 2.75) is 13.2 Å². The highest BCUT2D eigenvalue weighted by Crippen LogP contribution is 2.30. The molecule has 1 fully saturated rings. The van der Waals surface area contributed by atoms with Crippen molar-refractivity contribution < 1.29 is 19.4 Å². The highest BCUT2D eigenvalue weighted by molar-refractivity contribution is 5.71. The number of carboxylic acid groups (broad SMARTS) is 1. The third kappa shape index (κ3) is 3.86. The summed E-state index contributed by atoms with van der Waals surface area (Å²) in [6.45, 7) is 2.39. The van der Waals surface area contributed by atoms with Gasteiger partial charge in [0.2, 0.25) is 0 Å². The molecule has 5 nitrogen and oxygen atoms in total. The SMILES string of the molecule is COc1ccc(CN2CC(C(=O)O)C2)cc1OCc1ccccc1. The molecule has 0 saturated carbocycles. The van der Waals surface area contributed by atoms with Gasteiger partial charge in [-0.1, -0.05) is 36.4 Å². The molecule has 0 spiro atoms. The van der Waals surface area contributed by atoms with Crippen molar-refractivity contribution >= 4 is 5.97 Å². The van der Waals surface area contributed by atoms with Gasteiger partial charge in [0, 0.05) is 19.6 Å². The molecule has 3 rings (SSSR count). The number of methoxy groups -OCH3 is 1. The zero-order valence-electron chi connectivity index (χ0n) is 13.6. The lowest BCUT2D eigenvalue weighted by molar-refractivity contribution is -0.147. The number of carbonyl (C=O) groups is 1. The molecule has 1 N–H and O–H groups in total. The van der Waals surface area contributed by atoms with E-state index in [-0.39, 0.29) is 5.92 Å². The Morgan fingerprint density at radius 2 is 1.88 bits per heavy atom. The Morgan fingerprint density at radius 1 is 1.12 bits per heavy atom. The average molecular weight is 327 g/mol. The summed E-state index contributed by atoms with van der Waals surface area (Å²) in [6, 6.07) is 15.8. The number of hydrogen-bond donors (Lipinski definition) is 1. The first-order chi connectivity index (χ1) is 11.7. The number of nitrogens with zero attached hydrogens (tertiary/aromatic N) is 1. The zero-order valence-corrected chi connectivity index (χ0v) is 13.6. The quantitative estimate of drug-likeness (QED) is 0.847. The van der Waals surface area contributed by atoms with Crippen molar-refractivity contribution in [1.82, 2.24) is 4.90 Å². The minimum Gasteiger partial charge on any atom is -0.493 e. The van der Waals surface area contributed by atoms with Gasteiger partial charge in [-0.3, -0.25) is 9.69 Å². The summed E-state index contributed by atoms with van der Waals surface area (Å²) >= 11 is 0. The van der Waals surface area contributed by atoms with Gasteiger partial charge in [-0.15, -0.1) is 0 Å². The van der Waals surface area contributed by atoms with Crippen molar-refractivity contribution in [3.63, 3.8) is 0 Å². The summed E-state index contributed by atoms with van der Waals surface area (Å²) in [7, 11) is 1.62. The third-order valence-electron chi connectivity index (χ3n) is 4.18. The molecule has 0 atom stereocenters. The molecular weight excluding hydrogens is 306 g/mol. The van der Waals surface area contributed by atoms with Crippen LogP contribution in [0.2, 0.25) is 0 Å². The second kappa shape index (κ2) is 7.36. The number of likely N-dealkylation sites (tertiary alicyclic amines) is 1. The fourth-order valence-electron chi connectivity index (χ4n) is 2.78. The van der Waals surface area contributed by atoms with E-state index in [2.05, 4.69) is 4.90 Å². The van der Waals surface area contributed by atoms with Crippen molar-refractivity contribution in [3.8, 4) is 11.5 Å². The molecule has 1 saturated heterocycles. The maximum Gasteiger partial charge on any atom is 0.309 e. The molecule has 2 aromatic rings. The summed E-state index contributed by atoms with van der Waals surface area (Å²) in [4.78, 5) is 13.0. The van der Waals surface area contributed by atoms with Crippen LogP contribution in [0.1, 0.15) is 11.1 Å². The number of aliphatic carboxylic acids is 1. The first kappa shape index (κ1) is 16.3. The lowest BCUT2D eigenvalue weighted by Crippen LogP contribution is -2.49. The maximum absolute atomic E-state index is 10.9. The Hall–Kier alpha value is -2.53. The maximum atomic E-state index is 10.9. The third-order valence-corrected chi connectivity index (χ3v) is 4.18. The number of rotatable bonds is 7. The summed E-state index contributed by atoms with van der Waals surface area (Å²) in [5.74, 6) is 0.445. The second-order valence-corrected chi connectivity index (χ2v) is 5.99. The van der Waals surface area contributed by atoms with E-state index in [0.29, 0.717) is 31.2 Å². The van der Waals surface area contributed by atoms with E-state index >= 15 is 0 Å².